The molecular weight excluding hydrogens is 420 g/mol. The molecule has 2 aromatic carbocycles. The number of ether oxygens (including phenoxy) is 1. The van der Waals surface area contributed by atoms with Crippen LogP contribution in [-0.4, -0.2) is 16.7 Å². The highest BCUT2D eigenvalue weighted by atomic mass is 127. The van der Waals surface area contributed by atoms with Gasteiger partial charge < -0.3 is 4.74 Å². The van der Waals surface area contributed by atoms with E-state index in [1.807, 2.05) is 22.6 Å². The maximum Gasteiger partial charge on any atom is 0.319 e. The Labute approximate surface area is 143 Å². The number of halogens is 2. The summed E-state index contributed by atoms with van der Waals surface area (Å²) in [5, 5.41) is 10.2. The second kappa shape index (κ2) is 7.27. The number of fused-ring (bicyclic) bond motifs is 1. The highest BCUT2D eigenvalue weighted by Crippen LogP contribution is 2.25. The fraction of sp³-hybridized carbons (Fsp3) is 0.0667. The monoisotopic (exact) mass is 429 g/mol. The molecule has 0 N–H and O–H groups in total. The van der Waals surface area contributed by atoms with E-state index in [9.17, 15) is 24.1 Å². The van der Waals surface area contributed by atoms with Gasteiger partial charge in [0.15, 0.2) is 5.78 Å². The van der Waals surface area contributed by atoms with Crippen molar-refractivity contribution in [2.45, 2.75) is 6.42 Å². The van der Waals surface area contributed by atoms with Crippen LogP contribution >= 0.6 is 22.6 Å². The lowest BCUT2D eigenvalue weighted by atomic mass is 10.0. The summed E-state index contributed by atoms with van der Waals surface area (Å²) in [5.74, 6) is -1.36. The zero-order valence-corrected chi connectivity index (χ0v) is 13.7. The van der Waals surface area contributed by atoms with Gasteiger partial charge in [0.25, 0.3) is 5.69 Å². The molecule has 0 fully saturated rings. The Hall–Kier alpha value is -2.36. The molecule has 2 aromatic rings. The van der Waals surface area contributed by atoms with E-state index in [0.717, 1.165) is 12.1 Å². The molecule has 0 saturated carbocycles. The first-order valence-corrected chi connectivity index (χ1v) is 7.38. The van der Waals surface area contributed by atoms with Crippen molar-refractivity contribution in [2.24, 2.45) is 0 Å². The summed E-state index contributed by atoms with van der Waals surface area (Å²) in [4.78, 5) is 31.8. The zero-order valence-electron chi connectivity index (χ0n) is 11.5. The number of hydrogen-bond acceptors (Lipinski definition) is 5. The first kappa shape index (κ1) is 17.0. The molecule has 118 valence electrons. The van der Waals surface area contributed by atoms with E-state index in [1.165, 1.54) is 12.1 Å². The molecule has 0 atom stereocenters. The molecule has 6 nitrogen and oxygen atoms in total. The van der Waals surface area contributed by atoms with Gasteiger partial charge in [-0.3, -0.25) is 19.7 Å². The Bertz CT molecular complexity index is 793. The molecule has 0 aromatic heterocycles. The minimum absolute atomic E-state index is 0.139. The highest BCUT2D eigenvalue weighted by Gasteiger charge is 2.24. The molecule has 0 unspecified atom stereocenters. The Morgan fingerprint density at radius 1 is 1.17 bits per heavy atom. The molecule has 23 heavy (non-hydrogen) atoms. The van der Waals surface area contributed by atoms with Crippen molar-refractivity contribution in [3.8, 4) is 5.75 Å². The van der Waals surface area contributed by atoms with Crippen LogP contribution in [0.3, 0.4) is 0 Å². The third kappa shape index (κ3) is 4.31. The number of benzene rings is 2. The lowest BCUT2D eigenvalue weighted by molar-refractivity contribution is -0.385. The van der Waals surface area contributed by atoms with Gasteiger partial charge in [0.2, 0.25) is 0 Å². The number of ketones is 1. The summed E-state index contributed by atoms with van der Waals surface area (Å²) in [6, 6.07) is 10.1. The number of Topliss-reactive ketones (excluding diaryl/α,β-unsaturated/α-hetero) is 1. The zero-order chi connectivity index (χ0) is 17.0. The lowest BCUT2D eigenvalue weighted by Gasteiger charge is -2.13. The molecule has 8 heteroatoms. The summed E-state index contributed by atoms with van der Waals surface area (Å²) >= 11 is 1.93. The highest BCUT2D eigenvalue weighted by molar-refractivity contribution is 14.1. The number of carbonyl (C=O) groups excluding carboxylic acids is 2. The number of nitro groups is 1. The minimum Gasteiger partial charge on any atom is -0.425 e. The summed E-state index contributed by atoms with van der Waals surface area (Å²) in [5.41, 5.74) is 0.308. The first-order valence-electron chi connectivity index (χ1n) is 6.31. The number of hydrogen-bond donors (Lipinski definition) is 0. The van der Waals surface area contributed by atoms with Gasteiger partial charge in [-0.25, -0.2) is 4.39 Å². The quantitative estimate of drug-likeness (QED) is 0.173. The summed E-state index contributed by atoms with van der Waals surface area (Å²) in [6.45, 7) is 0. The third-order valence-corrected chi connectivity index (χ3v) is 3.73. The van der Waals surface area contributed by atoms with Crippen molar-refractivity contribution in [3.05, 3.63) is 67.5 Å². The predicted octanol–water partition coefficient (Wildman–Crippen LogP) is 3.52. The van der Waals surface area contributed by atoms with Gasteiger partial charge in [-0.1, -0.05) is 12.1 Å². The van der Waals surface area contributed by atoms with Gasteiger partial charge in [-0.2, -0.15) is 0 Å². The van der Waals surface area contributed by atoms with Crippen LogP contribution in [0.1, 0.15) is 16.8 Å². The van der Waals surface area contributed by atoms with Crippen LogP contribution in [0.4, 0.5) is 10.1 Å². The molecule has 1 aliphatic rings. The average Bonchev–Trinajstić information content (AvgIpc) is 2.49. The van der Waals surface area contributed by atoms with E-state index >= 15 is 0 Å². The maximum atomic E-state index is 12.7. The van der Waals surface area contributed by atoms with Crippen LogP contribution in [0.5, 0.6) is 5.75 Å². The number of carbonyl (C=O) groups is 2. The Morgan fingerprint density at radius 2 is 1.87 bits per heavy atom. The van der Waals surface area contributed by atoms with Crippen LogP contribution in [0, 0.1) is 19.5 Å². The summed E-state index contributed by atoms with van der Waals surface area (Å²) < 4.78 is 18.1. The Balaban J connectivity index is 0.000000174. The van der Waals surface area contributed by atoms with Crippen LogP contribution in [0.15, 0.2) is 42.5 Å². The molecule has 1 heterocycles. The van der Waals surface area contributed by atoms with Crippen molar-refractivity contribution in [1.82, 2.24) is 0 Å². The van der Waals surface area contributed by atoms with Crippen molar-refractivity contribution in [2.75, 3.05) is 0 Å². The smallest absolute Gasteiger partial charge is 0.319 e. The number of para-hydroxylation sites is 1. The molecule has 0 bridgehead atoms. The van der Waals surface area contributed by atoms with Gasteiger partial charge in [0.1, 0.15) is 18.0 Å². The van der Waals surface area contributed by atoms with Crippen molar-refractivity contribution in [3.63, 3.8) is 0 Å². The van der Waals surface area contributed by atoms with E-state index in [-0.39, 0.29) is 28.3 Å². The molecule has 0 amide bonds. The van der Waals surface area contributed by atoms with Gasteiger partial charge in [0, 0.05) is 6.07 Å². The number of esters is 1. The van der Waals surface area contributed by atoms with Crippen LogP contribution < -0.4 is 4.74 Å². The number of nitro benzene ring substituents is 1. The first-order chi connectivity index (χ1) is 10.9. The normalized spacial score (nSPS) is 12.6. The fourth-order valence-electron chi connectivity index (χ4n) is 1.79. The fourth-order valence-corrected chi connectivity index (χ4v) is 2.38. The van der Waals surface area contributed by atoms with Crippen molar-refractivity contribution >= 4 is 40.0 Å². The topological polar surface area (TPSA) is 86.5 Å². The number of nitrogens with zero attached hydrogens (tertiary/aromatic N) is 1. The van der Waals surface area contributed by atoms with E-state index in [2.05, 4.69) is 0 Å². The second-order valence-corrected chi connectivity index (χ2v) is 5.59. The SMILES string of the molecule is O=C1CC(=O)c2cc(F)ccc2O1.O=[N+]([O-])c1ccccc1I. The largest absolute Gasteiger partial charge is 0.425 e. The molecule has 0 spiro atoms. The second-order valence-electron chi connectivity index (χ2n) is 4.42. The van der Waals surface area contributed by atoms with Crippen LogP contribution in [-0.2, 0) is 4.79 Å². The average molecular weight is 429 g/mol. The third-order valence-electron chi connectivity index (χ3n) is 2.82. The molecule has 0 aliphatic carbocycles. The molecule has 0 saturated heterocycles. The minimum atomic E-state index is -0.593. The Morgan fingerprint density at radius 3 is 2.48 bits per heavy atom. The van der Waals surface area contributed by atoms with Crippen LogP contribution in [0.2, 0.25) is 0 Å². The van der Waals surface area contributed by atoms with Crippen LogP contribution in [0.25, 0.3) is 0 Å². The molecular formula is C15H9FINO5. The summed E-state index contributed by atoms with van der Waals surface area (Å²) in [6.07, 6.45) is -0.309. The van der Waals surface area contributed by atoms with E-state index in [4.69, 9.17) is 4.74 Å². The van der Waals surface area contributed by atoms with Gasteiger partial charge in [0.05, 0.1) is 14.1 Å². The maximum absolute atomic E-state index is 12.7. The standard InChI is InChI=1S/C9H5FO3.C6H4INO2/c10-5-1-2-8-6(3-5)7(11)4-9(12)13-8;7-5-3-1-2-4-6(5)8(9)10/h1-3H,4H2;1-4H. The molecule has 0 radical (unpaired) electrons. The van der Waals surface area contributed by atoms with Gasteiger partial charge in [-0.05, 0) is 46.9 Å². The van der Waals surface area contributed by atoms with E-state index in [1.54, 1.807) is 18.2 Å². The van der Waals surface area contributed by atoms with Gasteiger partial charge in [-0.15, -0.1) is 0 Å². The lowest BCUT2D eigenvalue weighted by Crippen LogP contribution is -2.21. The molecule has 3 rings (SSSR count). The molecule has 1 aliphatic heterocycles. The predicted molar refractivity (Wildman–Crippen MR) is 86.8 cm³/mol. The number of rotatable bonds is 1. The summed E-state index contributed by atoms with van der Waals surface area (Å²) in [7, 11) is 0. The van der Waals surface area contributed by atoms with E-state index in [0.29, 0.717) is 3.57 Å². The Kier molecular flexibility index (Phi) is 5.37. The van der Waals surface area contributed by atoms with E-state index < -0.39 is 17.6 Å². The van der Waals surface area contributed by atoms with Crippen molar-refractivity contribution in [1.29, 1.82) is 0 Å². The van der Waals surface area contributed by atoms with Gasteiger partial charge >= 0.3 is 5.97 Å². The van der Waals surface area contributed by atoms with Crippen molar-refractivity contribution < 1.29 is 23.6 Å².